The molecule has 0 aliphatic heterocycles. The average molecular weight is 492 g/mol. The predicted octanol–water partition coefficient (Wildman–Crippen LogP) is 4.53. The number of carbonyl (C=O) groups is 1. The van der Waals surface area contributed by atoms with Crippen LogP contribution in [0.5, 0.6) is 0 Å². The molecule has 1 amide bonds. The molecule has 11 heteroatoms. The molecule has 0 aliphatic carbocycles. The molecule has 3 aromatic carbocycles. The number of rotatable bonds is 8. The number of hydrogen-bond acceptors (Lipinski definition) is 5. The highest BCUT2D eigenvalue weighted by Crippen LogP contribution is 2.26. The van der Waals surface area contributed by atoms with Crippen LogP contribution in [0.1, 0.15) is 11.1 Å². The number of anilines is 1. The van der Waals surface area contributed by atoms with Crippen molar-refractivity contribution in [2.24, 2.45) is 0 Å². The first-order valence-corrected chi connectivity index (χ1v) is 11.4. The van der Waals surface area contributed by atoms with Crippen LogP contribution in [0.25, 0.3) is 0 Å². The lowest BCUT2D eigenvalue weighted by Crippen LogP contribution is -2.37. The molecule has 0 bridgehead atoms. The maximum atomic E-state index is 14.2. The van der Waals surface area contributed by atoms with E-state index in [0.717, 1.165) is 4.31 Å². The van der Waals surface area contributed by atoms with E-state index in [4.69, 9.17) is 11.6 Å². The van der Waals surface area contributed by atoms with Crippen molar-refractivity contribution in [2.45, 2.75) is 18.4 Å². The van der Waals surface area contributed by atoms with E-state index < -0.39 is 39.8 Å². The quantitative estimate of drug-likeness (QED) is 0.368. The smallest absolute Gasteiger partial charge is 0.274 e. The minimum absolute atomic E-state index is 0.0781. The van der Waals surface area contributed by atoms with E-state index in [1.807, 2.05) is 0 Å². The van der Waals surface area contributed by atoms with E-state index in [-0.39, 0.29) is 27.4 Å². The Morgan fingerprint density at radius 2 is 1.76 bits per heavy atom. The van der Waals surface area contributed by atoms with E-state index in [1.54, 1.807) is 6.07 Å². The number of nitro groups is 1. The summed E-state index contributed by atoms with van der Waals surface area (Å²) in [6.07, 6.45) is 0. The summed E-state index contributed by atoms with van der Waals surface area (Å²) in [4.78, 5) is 23.2. The molecule has 0 atom stereocenters. The first-order chi connectivity index (χ1) is 15.6. The molecule has 0 unspecified atom stereocenters. The Morgan fingerprint density at radius 1 is 1.09 bits per heavy atom. The Bertz CT molecular complexity index is 1300. The number of nitro benzene ring substituents is 1. The van der Waals surface area contributed by atoms with Gasteiger partial charge in [-0.2, -0.15) is 4.31 Å². The molecule has 172 valence electrons. The van der Waals surface area contributed by atoms with Crippen molar-refractivity contribution in [3.05, 3.63) is 98.8 Å². The van der Waals surface area contributed by atoms with Crippen molar-refractivity contribution < 1.29 is 22.5 Å². The normalized spacial score (nSPS) is 11.4. The molecule has 8 nitrogen and oxygen atoms in total. The van der Waals surface area contributed by atoms with E-state index >= 15 is 0 Å². The minimum atomic E-state index is -4.21. The van der Waals surface area contributed by atoms with Gasteiger partial charge in [-0.1, -0.05) is 35.9 Å². The highest BCUT2D eigenvalue weighted by atomic mass is 35.5. The summed E-state index contributed by atoms with van der Waals surface area (Å²) >= 11 is 5.85. The zero-order valence-electron chi connectivity index (χ0n) is 17.4. The first-order valence-electron chi connectivity index (χ1n) is 9.62. The van der Waals surface area contributed by atoms with Gasteiger partial charge in [-0.15, -0.1) is 0 Å². The molecule has 0 saturated heterocycles. The fourth-order valence-corrected chi connectivity index (χ4v) is 4.61. The predicted molar refractivity (Wildman–Crippen MR) is 122 cm³/mol. The molecule has 0 fully saturated rings. The van der Waals surface area contributed by atoms with Gasteiger partial charge in [0.1, 0.15) is 5.82 Å². The highest BCUT2D eigenvalue weighted by Gasteiger charge is 2.28. The Morgan fingerprint density at radius 3 is 2.39 bits per heavy atom. The topological polar surface area (TPSA) is 110 Å². The summed E-state index contributed by atoms with van der Waals surface area (Å²) in [5.74, 6) is -1.36. The molecule has 0 saturated carbocycles. The van der Waals surface area contributed by atoms with Gasteiger partial charge in [0, 0.05) is 23.2 Å². The van der Waals surface area contributed by atoms with Crippen LogP contribution in [0.3, 0.4) is 0 Å². The molecular formula is C22H19ClFN3O5S. The maximum absolute atomic E-state index is 14.2. The second-order valence-corrected chi connectivity index (χ2v) is 9.45. The number of nitrogens with one attached hydrogen (secondary N) is 1. The summed E-state index contributed by atoms with van der Waals surface area (Å²) in [5.41, 5.74) is 0.278. The number of halogens is 2. The largest absolute Gasteiger partial charge is 0.324 e. The lowest BCUT2D eigenvalue weighted by atomic mass is 10.1. The summed E-state index contributed by atoms with van der Waals surface area (Å²) in [6, 6.07) is 15.1. The fraction of sp³-hybridized carbons (Fsp3) is 0.136. The third-order valence-corrected chi connectivity index (χ3v) is 6.91. The van der Waals surface area contributed by atoms with Gasteiger partial charge < -0.3 is 5.32 Å². The van der Waals surface area contributed by atoms with Crippen molar-refractivity contribution in [1.82, 2.24) is 4.31 Å². The third kappa shape index (κ3) is 5.72. The third-order valence-electron chi connectivity index (χ3n) is 4.85. The lowest BCUT2D eigenvalue weighted by Gasteiger charge is -2.22. The van der Waals surface area contributed by atoms with Crippen molar-refractivity contribution in [3.8, 4) is 0 Å². The van der Waals surface area contributed by atoms with Gasteiger partial charge >= 0.3 is 0 Å². The van der Waals surface area contributed by atoms with Crippen LogP contribution < -0.4 is 5.32 Å². The summed E-state index contributed by atoms with van der Waals surface area (Å²) in [5, 5.41) is 14.0. The lowest BCUT2D eigenvalue weighted by molar-refractivity contribution is -0.385. The number of hydrogen-bond donors (Lipinski definition) is 1. The van der Waals surface area contributed by atoms with Crippen LogP contribution in [0.4, 0.5) is 15.8 Å². The van der Waals surface area contributed by atoms with E-state index in [2.05, 4.69) is 5.32 Å². The van der Waals surface area contributed by atoms with Gasteiger partial charge in [-0.25, -0.2) is 12.8 Å². The SMILES string of the molecule is Cc1c(NC(=O)CN(Cc2ccccc2F)S(=O)(=O)c2ccc(Cl)cc2)cccc1[N+](=O)[O-]. The molecule has 1 N–H and O–H groups in total. The Balaban J connectivity index is 1.92. The summed E-state index contributed by atoms with van der Waals surface area (Å²) < 4.78 is 41.6. The zero-order chi connectivity index (χ0) is 24.2. The van der Waals surface area contributed by atoms with Crippen LogP contribution >= 0.6 is 11.6 Å². The minimum Gasteiger partial charge on any atom is -0.324 e. The molecule has 0 spiro atoms. The van der Waals surface area contributed by atoms with Gasteiger partial charge in [-0.05, 0) is 43.3 Å². The zero-order valence-corrected chi connectivity index (χ0v) is 18.9. The Labute approximate surface area is 194 Å². The number of benzene rings is 3. The van der Waals surface area contributed by atoms with Crippen LogP contribution in [-0.4, -0.2) is 30.1 Å². The highest BCUT2D eigenvalue weighted by molar-refractivity contribution is 7.89. The Hall–Kier alpha value is -3.34. The standard InChI is InChI=1S/C22H19ClFN3O5S/c1-15-20(7-4-8-21(15)27(29)30)25-22(28)14-26(13-16-5-2-3-6-19(16)24)33(31,32)18-11-9-17(23)10-12-18/h2-12H,13-14H2,1H3,(H,25,28). The number of nitrogens with zero attached hydrogens (tertiary/aromatic N) is 2. The van der Waals surface area contributed by atoms with Gasteiger partial charge in [0.25, 0.3) is 5.69 Å². The van der Waals surface area contributed by atoms with Crippen molar-refractivity contribution in [3.63, 3.8) is 0 Å². The van der Waals surface area contributed by atoms with Crippen LogP contribution in [0.15, 0.2) is 71.6 Å². The number of sulfonamides is 1. The molecule has 0 aromatic heterocycles. The maximum Gasteiger partial charge on any atom is 0.274 e. The van der Waals surface area contributed by atoms with Gasteiger partial charge in [0.05, 0.1) is 27.6 Å². The summed E-state index contributed by atoms with van der Waals surface area (Å²) in [6.45, 7) is 0.412. The number of amides is 1. The van der Waals surface area contributed by atoms with E-state index in [1.165, 1.54) is 67.6 Å². The molecule has 3 rings (SSSR count). The monoisotopic (exact) mass is 491 g/mol. The molecular weight excluding hydrogens is 473 g/mol. The van der Waals surface area contributed by atoms with Crippen LogP contribution in [-0.2, 0) is 21.4 Å². The van der Waals surface area contributed by atoms with Crippen molar-refractivity contribution >= 4 is 38.9 Å². The van der Waals surface area contributed by atoms with Gasteiger partial charge in [0.15, 0.2) is 0 Å². The van der Waals surface area contributed by atoms with E-state index in [0.29, 0.717) is 5.02 Å². The van der Waals surface area contributed by atoms with Crippen molar-refractivity contribution in [2.75, 3.05) is 11.9 Å². The van der Waals surface area contributed by atoms with Gasteiger partial charge in [0.2, 0.25) is 15.9 Å². The molecule has 3 aromatic rings. The first kappa shape index (κ1) is 24.3. The average Bonchev–Trinajstić information content (AvgIpc) is 2.76. The van der Waals surface area contributed by atoms with Crippen LogP contribution in [0, 0.1) is 22.9 Å². The van der Waals surface area contributed by atoms with Crippen LogP contribution in [0.2, 0.25) is 5.02 Å². The molecule has 33 heavy (non-hydrogen) atoms. The molecule has 0 aliphatic rings. The fourth-order valence-electron chi connectivity index (χ4n) is 3.10. The summed E-state index contributed by atoms with van der Waals surface area (Å²) in [7, 11) is -4.21. The second-order valence-electron chi connectivity index (χ2n) is 7.07. The Kier molecular flexibility index (Phi) is 7.42. The second kappa shape index (κ2) is 10.1. The van der Waals surface area contributed by atoms with Crippen molar-refractivity contribution in [1.29, 1.82) is 0 Å². The molecule has 0 radical (unpaired) electrons. The number of carbonyl (C=O) groups excluding carboxylic acids is 1. The van der Waals surface area contributed by atoms with Gasteiger partial charge in [-0.3, -0.25) is 14.9 Å². The molecule has 0 heterocycles. The van der Waals surface area contributed by atoms with E-state index in [9.17, 15) is 27.7 Å².